The molecule has 1 saturated carbocycles. The van der Waals surface area contributed by atoms with Gasteiger partial charge in [0, 0.05) is 42.6 Å². The molecule has 0 spiro atoms. The molecule has 3 N–H and O–H groups in total. The number of para-hydroxylation sites is 1. The highest BCUT2D eigenvalue weighted by atomic mass is 15.0. The lowest BCUT2D eigenvalue weighted by molar-refractivity contribution is 0.402. The fourth-order valence-electron chi connectivity index (χ4n) is 2.39. The zero-order valence-corrected chi connectivity index (χ0v) is 11.9. The van der Waals surface area contributed by atoms with Crippen molar-refractivity contribution in [2.75, 3.05) is 18.4 Å². The molecule has 0 unspecified atom stereocenters. The molecule has 106 valence electrons. The number of nitrogens with one attached hydrogen (secondary N) is 3. The van der Waals surface area contributed by atoms with Gasteiger partial charge in [0.15, 0.2) is 0 Å². The van der Waals surface area contributed by atoms with Crippen LogP contribution in [0.15, 0.2) is 48.8 Å². The molecule has 1 saturated heterocycles. The van der Waals surface area contributed by atoms with Crippen molar-refractivity contribution in [3.05, 3.63) is 54.4 Å². The predicted octanol–water partition coefficient (Wildman–Crippen LogP) is 2.84. The lowest BCUT2D eigenvalue weighted by atomic mass is 9.99. The largest absolute Gasteiger partial charge is 0.384 e. The van der Waals surface area contributed by atoms with E-state index in [1.165, 1.54) is 24.1 Å². The Morgan fingerprint density at radius 3 is 2.50 bits per heavy atom. The van der Waals surface area contributed by atoms with Gasteiger partial charge < -0.3 is 16.0 Å². The highest BCUT2D eigenvalue weighted by molar-refractivity contribution is 5.55. The van der Waals surface area contributed by atoms with Crippen LogP contribution in [0.2, 0.25) is 0 Å². The summed E-state index contributed by atoms with van der Waals surface area (Å²) in [5.41, 5.74) is 4.71. The second-order valence-corrected chi connectivity index (χ2v) is 5.82. The predicted molar refractivity (Wildman–Crippen MR) is 84.3 cm³/mol. The highest BCUT2D eigenvalue weighted by Gasteiger charge is 2.24. The van der Waals surface area contributed by atoms with Crippen LogP contribution in [0.1, 0.15) is 18.4 Å². The monoisotopic (exact) mass is 269 g/mol. The van der Waals surface area contributed by atoms with E-state index in [2.05, 4.69) is 53.4 Å². The summed E-state index contributed by atoms with van der Waals surface area (Å²) in [6, 6.07) is 8.42. The summed E-state index contributed by atoms with van der Waals surface area (Å²) >= 11 is 0. The Morgan fingerprint density at radius 2 is 1.85 bits per heavy atom. The fraction of sp³-hybridized carbons (Fsp3) is 0.412. The molecule has 0 bridgehead atoms. The molecule has 3 rings (SSSR count). The molecule has 0 atom stereocenters. The van der Waals surface area contributed by atoms with Crippen molar-refractivity contribution in [3.8, 4) is 0 Å². The van der Waals surface area contributed by atoms with E-state index in [1.54, 1.807) is 0 Å². The van der Waals surface area contributed by atoms with Crippen molar-refractivity contribution in [3.63, 3.8) is 0 Å². The van der Waals surface area contributed by atoms with E-state index in [-0.39, 0.29) is 0 Å². The SMILES string of the molecule is C=C(NCc1ccccc1NC(=C)C1CNC1)C1CC1. The van der Waals surface area contributed by atoms with Gasteiger partial charge in [0.1, 0.15) is 0 Å². The molecule has 0 aromatic heterocycles. The van der Waals surface area contributed by atoms with Gasteiger partial charge in [0.2, 0.25) is 0 Å². The maximum absolute atomic E-state index is 4.16. The molecule has 1 aromatic rings. The van der Waals surface area contributed by atoms with E-state index in [4.69, 9.17) is 0 Å². The van der Waals surface area contributed by atoms with Gasteiger partial charge in [-0.2, -0.15) is 0 Å². The topological polar surface area (TPSA) is 36.1 Å². The molecular weight excluding hydrogens is 246 g/mol. The molecule has 2 fully saturated rings. The number of benzene rings is 1. The van der Waals surface area contributed by atoms with Crippen molar-refractivity contribution < 1.29 is 0 Å². The van der Waals surface area contributed by atoms with Crippen LogP contribution in [0.25, 0.3) is 0 Å². The fourth-order valence-corrected chi connectivity index (χ4v) is 2.39. The number of hydrogen-bond acceptors (Lipinski definition) is 3. The Labute approximate surface area is 121 Å². The van der Waals surface area contributed by atoms with Gasteiger partial charge >= 0.3 is 0 Å². The number of hydrogen-bond donors (Lipinski definition) is 3. The summed E-state index contributed by atoms with van der Waals surface area (Å²) in [7, 11) is 0. The summed E-state index contributed by atoms with van der Waals surface area (Å²) in [6.45, 7) is 11.2. The van der Waals surface area contributed by atoms with Crippen LogP contribution in [-0.4, -0.2) is 13.1 Å². The Balaban J connectivity index is 1.60. The van der Waals surface area contributed by atoms with Crippen LogP contribution >= 0.6 is 0 Å². The van der Waals surface area contributed by atoms with E-state index in [0.29, 0.717) is 11.8 Å². The molecule has 0 radical (unpaired) electrons. The van der Waals surface area contributed by atoms with Crippen LogP contribution in [0.4, 0.5) is 5.69 Å². The standard InChI is InChI=1S/C17H23N3/c1-12(14-7-8-14)19-11-15-5-3-4-6-17(15)20-13(2)16-9-18-10-16/h3-6,14,16,18-20H,1-2,7-11H2. The maximum Gasteiger partial charge on any atom is 0.0432 e. The Bertz CT molecular complexity index is 513. The van der Waals surface area contributed by atoms with Crippen molar-refractivity contribution in [2.24, 2.45) is 11.8 Å². The molecule has 1 aromatic carbocycles. The molecule has 20 heavy (non-hydrogen) atoms. The Hall–Kier alpha value is -1.74. The van der Waals surface area contributed by atoms with E-state index < -0.39 is 0 Å². The maximum atomic E-state index is 4.16. The number of anilines is 1. The Kier molecular flexibility index (Phi) is 3.79. The third-order valence-electron chi connectivity index (χ3n) is 4.16. The van der Waals surface area contributed by atoms with Gasteiger partial charge in [-0.05, 0) is 30.4 Å². The van der Waals surface area contributed by atoms with Crippen LogP contribution < -0.4 is 16.0 Å². The summed E-state index contributed by atoms with van der Waals surface area (Å²) in [5.74, 6) is 1.25. The van der Waals surface area contributed by atoms with Gasteiger partial charge in [-0.1, -0.05) is 31.4 Å². The van der Waals surface area contributed by atoms with Crippen molar-refractivity contribution in [2.45, 2.75) is 19.4 Å². The summed E-state index contributed by atoms with van der Waals surface area (Å²) < 4.78 is 0. The Morgan fingerprint density at radius 1 is 1.10 bits per heavy atom. The minimum atomic E-state index is 0.553. The van der Waals surface area contributed by atoms with Gasteiger partial charge in [-0.15, -0.1) is 0 Å². The first-order valence-electron chi connectivity index (χ1n) is 7.41. The number of allylic oxidation sites excluding steroid dienone is 1. The lowest BCUT2D eigenvalue weighted by Crippen LogP contribution is -2.44. The molecule has 1 aliphatic carbocycles. The average molecular weight is 269 g/mol. The summed E-state index contributed by atoms with van der Waals surface area (Å²) in [5, 5.41) is 10.2. The quantitative estimate of drug-likeness (QED) is 0.712. The molecule has 3 heteroatoms. The van der Waals surface area contributed by atoms with Gasteiger partial charge in [-0.3, -0.25) is 0 Å². The third-order valence-corrected chi connectivity index (χ3v) is 4.16. The molecule has 1 heterocycles. The molecule has 2 aliphatic rings. The molecule has 3 nitrogen and oxygen atoms in total. The van der Waals surface area contributed by atoms with Crippen molar-refractivity contribution in [1.29, 1.82) is 0 Å². The first-order chi connectivity index (χ1) is 9.74. The minimum absolute atomic E-state index is 0.553. The first kappa shape index (κ1) is 13.3. The van der Waals surface area contributed by atoms with Crippen molar-refractivity contribution >= 4 is 5.69 Å². The highest BCUT2D eigenvalue weighted by Crippen LogP contribution is 2.34. The van der Waals surface area contributed by atoms with Crippen LogP contribution in [-0.2, 0) is 6.54 Å². The smallest absolute Gasteiger partial charge is 0.0432 e. The zero-order chi connectivity index (χ0) is 13.9. The van der Waals surface area contributed by atoms with Gasteiger partial charge in [0.25, 0.3) is 0 Å². The van der Waals surface area contributed by atoms with E-state index in [1.807, 2.05) is 0 Å². The molecule has 1 aliphatic heterocycles. The normalized spacial score (nSPS) is 18.2. The minimum Gasteiger partial charge on any atom is -0.384 e. The zero-order valence-electron chi connectivity index (χ0n) is 11.9. The first-order valence-corrected chi connectivity index (χ1v) is 7.41. The molecule has 0 amide bonds. The van der Waals surface area contributed by atoms with E-state index in [0.717, 1.165) is 31.0 Å². The summed E-state index contributed by atoms with van der Waals surface area (Å²) in [4.78, 5) is 0. The second kappa shape index (κ2) is 5.71. The summed E-state index contributed by atoms with van der Waals surface area (Å²) in [6.07, 6.45) is 2.58. The third kappa shape index (κ3) is 3.05. The lowest BCUT2D eigenvalue weighted by Gasteiger charge is -2.30. The van der Waals surface area contributed by atoms with E-state index >= 15 is 0 Å². The molecular formula is C17H23N3. The van der Waals surface area contributed by atoms with E-state index in [9.17, 15) is 0 Å². The van der Waals surface area contributed by atoms with Crippen LogP contribution in [0.5, 0.6) is 0 Å². The second-order valence-electron chi connectivity index (χ2n) is 5.82. The van der Waals surface area contributed by atoms with Crippen molar-refractivity contribution in [1.82, 2.24) is 10.6 Å². The van der Waals surface area contributed by atoms with Gasteiger partial charge in [-0.25, -0.2) is 0 Å². The van der Waals surface area contributed by atoms with Gasteiger partial charge in [0.05, 0.1) is 0 Å². The van der Waals surface area contributed by atoms with Crippen LogP contribution in [0.3, 0.4) is 0 Å². The van der Waals surface area contributed by atoms with Crippen LogP contribution in [0, 0.1) is 11.8 Å². The average Bonchev–Trinajstić information content (AvgIpc) is 3.19. The number of rotatable bonds is 7.